The lowest BCUT2D eigenvalue weighted by Crippen LogP contribution is -2.45. The Bertz CT molecular complexity index is 627. The molecule has 2 aliphatic rings. The molecule has 1 saturated carbocycles. The average molecular weight is 330 g/mol. The molecule has 2 atom stereocenters. The van der Waals surface area contributed by atoms with E-state index in [0.717, 1.165) is 24.9 Å². The maximum absolute atomic E-state index is 12.4. The van der Waals surface area contributed by atoms with Crippen LogP contribution < -0.4 is 5.32 Å². The Labute approximate surface area is 140 Å². The number of nitrogens with zero attached hydrogens (tertiary/aromatic N) is 1. The smallest absolute Gasteiger partial charge is 0.326 e. The number of carboxylic acid groups (broad SMARTS) is 1. The number of amides is 2. The van der Waals surface area contributed by atoms with Gasteiger partial charge in [-0.3, -0.25) is 9.59 Å². The molecule has 0 aromatic heterocycles. The summed E-state index contributed by atoms with van der Waals surface area (Å²) in [5.74, 6) is -1.28. The standard InChI is InChI=1S/C18H22N2O4/c21-16-9-14(11-20(16)10-13-6-7-13)17(22)19-15(18(23)24)8-12-4-2-1-3-5-12/h1-5,13-15H,6-11H2,(H,19,22)(H,23,24). The zero-order chi connectivity index (χ0) is 17.1. The van der Waals surface area contributed by atoms with Gasteiger partial charge in [0, 0.05) is 25.9 Å². The topological polar surface area (TPSA) is 86.7 Å². The predicted octanol–water partition coefficient (Wildman–Crippen LogP) is 1.06. The van der Waals surface area contributed by atoms with E-state index < -0.39 is 17.9 Å². The summed E-state index contributed by atoms with van der Waals surface area (Å²) in [5, 5.41) is 12.0. The first-order chi connectivity index (χ1) is 11.5. The average Bonchev–Trinajstić information content (AvgIpc) is 3.30. The molecule has 1 saturated heterocycles. The Morgan fingerprint density at radius 3 is 2.58 bits per heavy atom. The van der Waals surface area contributed by atoms with E-state index in [1.54, 1.807) is 4.90 Å². The number of aliphatic carboxylic acids is 1. The highest BCUT2D eigenvalue weighted by atomic mass is 16.4. The fourth-order valence-corrected chi connectivity index (χ4v) is 3.08. The van der Waals surface area contributed by atoms with E-state index in [1.807, 2.05) is 30.3 Å². The van der Waals surface area contributed by atoms with Crippen molar-refractivity contribution in [2.24, 2.45) is 11.8 Å². The monoisotopic (exact) mass is 330 g/mol. The van der Waals surface area contributed by atoms with E-state index in [0.29, 0.717) is 12.5 Å². The summed E-state index contributed by atoms with van der Waals surface area (Å²) in [5.41, 5.74) is 0.850. The van der Waals surface area contributed by atoms with Crippen molar-refractivity contribution in [2.45, 2.75) is 31.7 Å². The summed E-state index contributed by atoms with van der Waals surface area (Å²) < 4.78 is 0. The van der Waals surface area contributed by atoms with E-state index in [1.165, 1.54) is 0 Å². The van der Waals surface area contributed by atoms with Crippen molar-refractivity contribution < 1.29 is 19.5 Å². The maximum atomic E-state index is 12.4. The fourth-order valence-electron chi connectivity index (χ4n) is 3.08. The number of nitrogens with one attached hydrogen (secondary N) is 1. The van der Waals surface area contributed by atoms with Crippen LogP contribution in [0.3, 0.4) is 0 Å². The Kier molecular flexibility index (Phi) is 4.83. The van der Waals surface area contributed by atoms with Crippen molar-refractivity contribution >= 4 is 17.8 Å². The van der Waals surface area contributed by atoms with Gasteiger partial charge in [0.05, 0.1) is 5.92 Å². The molecule has 128 valence electrons. The maximum Gasteiger partial charge on any atom is 0.326 e. The number of hydrogen-bond donors (Lipinski definition) is 2. The van der Waals surface area contributed by atoms with E-state index in [-0.39, 0.29) is 24.7 Å². The van der Waals surface area contributed by atoms with Gasteiger partial charge < -0.3 is 15.3 Å². The highest BCUT2D eigenvalue weighted by Gasteiger charge is 2.38. The van der Waals surface area contributed by atoms with E-state index in [2.05, 4.69) is 5.32 Å². The van der Waals surface area contributed by atoms with Crippen molar-refractivity contribution in [3.05, 3.63) is 35.9 Å². The molecule has 0 spiro atoms. The summed E-state index contributed by atoms with van der Waals surface area (Å²) in [6.45, 7) is 1.13. The molecule has 24 heavy (non-hydrogen) atoms. The van der Waals surface area contributed by atoms with Gasteiger partial charge in [-0.1, -0.05) is 30.3 Å². The van der Waals surface area contributed by atoms with Crippen molar-refractivity contribution in [3.63, 3.8) is 0 Å². The molecular weight excluding hydrogens is 308 g/mol. The third-order valence-corrected chi connectivity index (χ3v) is 4.66. The summed E-state index contributed by atoms with van der Waals surface area (Å²) in [4.78, 5) is 37.6. The summed E-state index contributed by atoms with van der Waals surface area (Å²) >= 11 is 0. The second-order valence-corrected chi connectivity index (χ2v) is 6.73. The zero-order valence-electron chi connectivity index (χ0n) is 13.5. The van der Waals surface area contributed by atoms with Crippen LogP contribution in [0.4, 0.5) is 0 Å². The summed E-state index contributed by atoms with van der Waals surface area (Å²) in [7, 11) is 0. The molecule has 2 unspecified atom stereocenters. The molecule has 1 aliphatic carbocycles. The Morgan fingerprint density at radius 2 is 1.96 bits per heavy atom. The molecule has 1 heterocycles. The third-order valence-electron chi connectivity index (χ3n) is 4.66. The molecule has 0 radical (unpaired) electrons. The normalized spacial score (nSPS) is 21.6. The van der Waals surface area contributed by atoms with Crippen LogP contribution in [0, 0.1) is 11.8 Å². The second kappa shape index (κ2) is 7.03. The predicted molar refractivity (Wildman–Crippen MR) is 87.1 cm³/mol. The minimum Gasteiger partial charge on any atom is -0.480 e. The Hall–Kier alpha value is -2.37. The van der Waals surface area contributed by atoms with E-state index in [4.69, 9.17) is 0 Å². The van der Waals surface area contributed by atoms with Gasteiger partial charge in [0.1, 0.15) is 6.04 Å². The number of carbonyl (C=O) groups is 3. The van der Waals surface area contributed by atoms with Crippen LogP contribution in [0.5, 0.6) is 0 Å². The van der Waals surface area contributed by atoms with E-state index >= 15 is 0 Å². The number of benzene rings is 1. The minimum absolute atomic E-state index is 0.00279. The van der Waals surface area contributed by atoms with Gasteiger partial charge in [0.25, 0.3) is 0 Å². The largest absolute Gasteiger partial charge is 0.480 e. The minimum atomic E-state index is -1.06. The van der Waals surface area contributed by atoms with Crippen LogP contribution in [0.15, 0.2) is 30.3 Å². The first kappa shape index (κ1) is 16.5. The van der Waals surface area contributed by atoms with Gasteiger partial charge in [0.15, 0.2) is 0 Å². The zero-order valence-corrected chi connectivity index (χ0v) is 13.5. The van der Waals surface area contributed by atoms with Crippen LogP contribution in [0.1, 0.15) is 24.8 Å². The fraction of sp³-hybridized carbons (Fsp3) is 0.500. The molecule has 1 aliphatic heterocycles. The molecule has 2 N–H and O–H groups in total. The van der Waals surface area contributed by atoms with Crippen molar-refractivity contribution in [3.8, 4) is 0 Å². The molecule has 6 nitrogen and oxygen atoms in total. The van der Waals surface area contributed by atoms with Gasteiger partial charge in [-0.05, 0) is 24.3 Å². The lowest BCUT2D eigenvalue weighted by Gasteiger charge is -2.18. The van der Waals surface area contributed by atoms with Gasteiger partial charge in [-0.15, -0.1) is 0 Å². The molecule has 1 aromatic carbocycles. The van der Waals surface area contributed by atoms with Crippen LogP contribution >= 0.6 is 0 Å². The van der Waals surface area contributed by atoms with Gasteiger partial charge in [-0.2, -0.15) is 0 Å². The molecule has 3 rings (SSSR count). The number of hydrogen-bond acceptors (Lipinski definition) is 3. The van der Waals surface area contributed by atoms with Crippen LogP contribution in [-0.2, 0) is 20.8 Å². The van der Waals surface area contributed by atoms with Gasteiger partial charge >= 0.3 is 5.97 Å². The molecular formula is C18H22N2O4. The quantitative estimate of drug-likeness (QED) is 0.782. The first-order valence-corrected chi connectivity index (χ1v) is 8.38. The number of likely N-dealkylation sites (tertiary alicyclic amines) is 1. The van der Waals surface area contributed by atoms with Crippen molar-refractivity contribution in [2.75, 3.05) is 13.1 Å². The highest BCUT2D eigenvalue weighted by molar-refractivity contribution is 5.91. The van der Waals surface area contributed by atoms with Crippen LogP contribution in [0.2, 0.25) is 0 Å². The molecule has 0 bridgehead atoms. The molecule has 2 fully saturated rings. The van der Waals surface area contributed by atoms with Crippen molar-refractivity contribution in [1.82, 2.24) is 10.2 Å². The number of carbonyl (C=O) groups excluding carboxylic acids is 2. The highest BCUT2D eigenvalue weighted by Crippen LogP contribution is 2.32. The van der Waals surface area contributed by atoms with E-state index in [9.17, 15) is 19.5 Å². The molecule has 2 amide bonds. The summed E-state index contributed by atoms with van der Waals surface area (Å²) in [6, 6.07) is 8.21. The number of carboxylic acids is 1. The lowest BCUT2D eigenvalue weighted by molar-refractivity contribution is -0.142. The van der Waals surface area contributed by atoms with Crippen molar-refractivity contribution in [1.29, 1.82) is 0 Å². The SMILES string of the molecule is O=C(NC(Cc1ccccc1)C(=O)O)C1CC(=O)N(CC2CC2)C1. The first-order valence-electron chi connectivity index (χ1n) is 8.38. The van der Waals surface area contributed by atoms with Gasteiger partial charge in [0.2, 0.25) is 11.8 Å². The Balaban J connectivity index is 1.57. The van der Waals surface area contributed by atoms with Gasteiger partial charge in [-0.25, -0.2) is 4.79 Å². The number of rotatable bonds is 7. The molecule has 6 heteroatoms. The second-order valence-electron chi connectivity index (χ2n) is 6.73. The van der Waals surface area contributed by atoms with Crippen LogP contribution in [0.25, 0.3) is 0 Å². The van der Waals surface area contributed by atoms with Crippen LogP contribution in [-0.4, -0.2) is 46.9 Å². The summed E-state index contributed by atoms with van der Waals surface area (Å²) in [6.07, 6.45) is 2.71. The molecule has 1 aromatic rings. The Morgan fingerprint density at radius 1 is 1.25 bits per heavy atom. The third kappa shape index (κ3) is 4.13. The lowest BCUT2D eigenvalue weighted by atomic mass is 10.0.